The Morgan fingerprint density at radius 1 is 1.43 bits per heavy atom. The first kappa shape index (κ1) is 15.3. The number of benzene rings is 1. The lowest BCUT2D eigenvalue weighted by Gasteiger charge is -2.37. The van der Waals surface area contributed by atoms with E-state index in [1.165, 1.54) is 0 Å². The third kappa shape index (κ3) is 3.26. The molecule has 5 heteroatoms. The van der Waals surface area contributed by atoms with Gasteiger partial charge in [0, 0.05) is 24.5 Å². The number of carbonyl (C=O) groups is 1. The smallest absolute Gasteiger partial charge is 0.233 e. The van der Waals surface area contributed by atoms with E-state index in [0.717, 1.165) is 37.2 Å². The van der Waals surface area contributed by atoms with E-state index >= 15 is 0 Å². The van der Waals surface area contributed by atoms with Crippen LogP contribution in [-0.2, 0) is 17.8 Å². The van der Waals surface area contributed by atoms with Gasteiger partial charge in [-0.3, -0.25) is 9.48 Å². The molecule has 1 fully saturated rings. The molecule has 1 aromatic heterocycles. The van der Waals surface area contributed by atoms with E-state index in [9.17, 15) is 4.79 Å². The van der Waals surface area contributed by atoms with E-state index in [4.69, 9.17) is 5.26 Å². The van der Waals surface area contributed by atoms with Gasteiger partial charge in [-0.15, -0.1) is 0 Å². The predicted octanol–water partition coefficient (Wildman–Crippen LogP) is 2.90. The SMILES string of the molecule is CCn1ccc(CC(=O)N(c2cccc(C#N)c2)C2CCC2)n1. The molecule has 118 valence electrons. The zero-order valence-corrected chi connectivity index (χ0v) is 13.3. The van der Waals surface area contributed by atoms with Crippen molar-refractivity contribution in [2.45, 2.75) is 45.2 Å². The van der Waals surface area contributed by atoms with Gasteiger partial charge in [-0.1, -0.05) is 6.07 Å². The minimum Gasteiger partial charge on any atom is -0.309 e. The number of hydrogen-bond acceptors (Lipinski definition) is 3. The Bertz CT molecular complexity index is 739. The highest BCUT2D eigenvalue weighted by Gasteiger charge is 2.30. The molecule has 0 radical (unpaired) electrons. The number of anilines is 1. The van der Waals surface area contributed by atoms with Crippen molar-refractivity contribution in [2.24, 2.45) is 0 Å². The molecule has 0 atom stereocenters. The molecule has 1 aliphatic rings. The van der Waals surface area contributed by atoms with Crippen molar-refractivity contribution in [1.82, 2.24) is 9.78 Å². The molecule has 23 heavy (non-hydrogen) atoms. The van der Waals surface area contributed by atoms with Gasteiger partial charge in [0.25, 0.3) is 0 Å². The molecular weight excluding hydrogens is 288 g/mol. The molecule has 0 unspecified atom stereocenters. The molecule has 1 saturated carbocycles. The maximum Gasteiger partial charge on any atom is 0.233 e. The van der Waals surface area contributed by atoms with Crippen LogP contribution in [0.2, 0.25) is 0 Å². The van der Waals surface area contributed by atoms with E-state index in [1.807, 2.05) is 40.9 Å². The first-order valence-electron chi connectivity index (χ1n) is 8.06. The van der Waals surface area contributed by atoms with Crippen molar-refractivity contribution in [3.05, 3.63) is 47.8 Å². The molecule has 0 bridgehead atoms. The molecule has 1 aromatic carbocycles. The lowest BCUT2D eigenvalue weighted by molar-refractivity contribution is -0.118. The van der Waals surface area contributed by atoms with Gasteiger partial charge in [0.05, 0.1) is 23.7 Å². The number of carbonyl (C=O) groups excluding carboxylic acids is 1. The van der Waals surface area contributed by atoms with Crippen molar-refractivity contribution in [3.63, 3.8) is 0 Å². The fraction of sp³-hybridized carbons (Fsp3) is 0.389. The van der Waals surface area contributed by atoms with Gasteiger partial charge in [0.1, 0.15) is 0 Å². The quantitative estimate of drug-likeness (QED) is 0.853. The zero-order chi connectivity index (χ0) is 16.2. The number of rotatable bonds is 5. The molecule has 5 nitrogen and oxygen atoms in total. The molecular formula is C18H20N4O. The minimum absolute atomic E-state index is 0.0474. The Balaban J connectivity index is 1.83. The van der Waals surface area contributed by atoms with Crippen molar-refractivity contribution in [2.75, 3.05) is 4.90 Å². The maximum absolute atomic E-state index is 12.8. The summed E-state index contributed by atoms with van der Waals surface area (Å²) in [5.74, 6) is 0.0474. The third-order valence-electron chi connectivity index (χ3n) is 4.31. The van der Waals surface area contributed by atoms with Crippen molar-refractivity contribution >= 4 is 11.6 Å². The summed E-state index contributed by atoms with van der Waals surface area (Å²) in [5, 5.41) is 13.5. The van der Waals surface area contributed by atoms with Gasteiger partial charge in [-0.2, -0.15) is 10.4 Å². The maximum atomic E-state index is 12.8. The van der Waals surface area contributed by atoms with E-state index in [2.05, 4.69) is 11.2 Å². The number of amides is 1. The second-order valence-electron chi connectivity index (χ2n) is 5.85. The van der Waals surface area contributed by atoms with Crippen LogP contribution in [0.25, 0.3) is 0 Å². The Labute approximate surface area is 136 Å². The monoisotopic (exact) mass is 308 g/mol. The van der Waals surface area contributed by atoms with Crippen LogP contribution in [0.4, 0.5) is 5.69 Å². The number of aromatic nitrogens is 2. The largest absolute Gasteiger partial charge is 0.309 e. The normalized spacial score (nSPS) is 14.1. The molecule has 0 aliphatic heterocycles. The summed E-state index contributed by atoms with van der Waals surface area (Å²) >= 11 is 0. The van der Waals surface area contributed by atoms with Gasteiger partial charge < -0.3 is 4.90 Å². The van der Waals surface area contributed by atoms with Gasteiger partial charge >= 0.3 is 0 Å². The van der Waals surface area contributed by atoms with Crippen LogP contribution in [0.1, 0.15) is 37.4 Å². The summed E-state index contributed by atoms with van der Waals surface area (Å²) in [4.78, 5) is 14.7. The summed E-state index contributed by atoms with van der Waals surface area (Å²) in [6.07, 6.45) is 5.38. The number of aryl methyl sites for hydroxylation is 1. The number of hydrogen-bond donors (Lipinski definition) is 0. The second-order valence-corrected chi connectivity index (χ2v) is 5.85. The highest BCUT2D eigenvalue weighted by atomic mass is 16.2. The van der Waals surface area contributed by atoms with E-state index in [-0.39, 0.29) is 11.9 Å². The van der Waals surface area contributed by atoms with Crippen molar-refractivity contribution in [3.8, 4) is 6.07 Å². The summed E-state index contributed by atoms with van der Waals surface area (Å²) in [6, 6.07) is 11.6. The van der Waals surface area contributed by atoms with Gasteiger partial charge in [0.15, 0.2) is 0 Å². The van der Waals surface area contributed by atoms with Gasteiger partial charge in [-0.05, 0) is 50.5 Å². The Hall–Kier alpha value is -2.61. The first-order valence-corrected chi connectivity index (χ1v) is 8.06. The Morgan fingerprint density at radius 2 is 2.26 bits per heavy atom. The van der Waals surface area contributed by atoms with Crippen molar-refractivity contribution < 1.29 is 4.79 Å². The van der Waals surface area contributed by atoms with Crippen LogP contribution in [-0.4, -0.2) is 21.7 Å². The van der Waals surface area contributed by atoms with Crippen molar-refractivity contribution in [1.29, 1.82) is 5.26 Å². The number of nitrogens with zero attached hydrogens (tertiary/aromatic N) is 4. The summed E-state index contributed by atoms with van der Waals surface area (Å²) in [5.41, 5.74) is 2.18. The highest BCUT2D eigenvalue weighted by Crippen LogP contribution is 2.30. The lowest BCUT2D eigenvalue weighted by atomic mass is 9.90. The topological polar surface area (TPSA) is 61.9 Å². The zero-order valence-electron chi connectivity index (χ0n) is 13.3. The van der Waals surface area contributed by atoms with Crippen LogP contribution in [0.15, 0.2) is 36.5 Å². The van der Waals surface area contributed by atoms with E-state index < -0.39 is 0 Å². The standard InChI is InChI=1S/C18H20N4O/c1-2-21-10-9-15(20-21)12-18(23)22(16-6-4-7-16)17-8-3-5-14(11-17)13-19/h3,5,8-11,16H,2,4,6-7,12H2,1H3. The molecule has 3 rings (SSSR count). The van der Waals surface area contributed by atoms with Crippen LogP contribution in [0, 0.1) is 11.3 Å². The molecule has 0 saturated heterocycles. The highest BCUT2D eigenvalue weighted by molar-refractivity contribution is 5.95. The lowest BCUT2D eigenvalue weighted by Crippen LogP contribution is -2.45. The minimum atomic E-state index is 0.0474. The fourth-order valence-corrected chi connectivity index (χ4v) is 2.84. The predicted molar refractivity (Wildman–Crippen MR) is 87.9 cm³/mol. The van der Waals surface area contributed by atoms with Crippen LogP contribution in [0.5, 0.6) is 0 Å². The summed E-state index contributed by atoms with van der Waals surface area (Å²) < 4.78 is 1.83. The summed E-state index contributed by atoms with van der Waals surface area (Å²) in [7, 11) is 0. The molecule has 0 N–H and O–H groups in total. The average molecular weight is 308 g/mol. The van der Waals surface area contributed by atoms with E-state index in [0.29, 0.717) is 12.0 Å². The molecule has 0 spiro atoms. The van der Waals surface area contributed by atoms with E-state index in [1.54, 1.807) is 12.1 Å². The number of nitriles is 1. The van der Waals surface area contributed by atoms with Gasteiger partial charge in [-0.25, -0.2) is 0 Å². The van der Waals surface area contributed by atoms with Gasteiger partial charge in [0.2, 0.25) is 5.91 Å². The Kier molecular flexibility index (Phi) is 4.42. The van der Waals surface area contributed by atoms with Crippen LogP contribution < -0.4 is 4.90 Å². The first-order chi connectivity index (χ1) is 11.2. The fourth-order valence-electron chi connectivity index (χ4n) is 2.84. The van der Waals surface area contributed by atoms with Crippen LogP contribution >= 0.6 is 0 Å². The summed E-state index contributed by atoms with van der Waals surface area (Å²) in [6.45, 7) is 2.82. The third-order valence-corrected chi connectivity index (χ3v) is 4.31. The van der Waals surface area contributed by atoms with Crippen LogP contribution in [0.3, 0.4) is 0 Å². The molecule has 1 heterocycles. The average Bonchev–Trinajstić information content (AvgIpc) is 2.98. The molecule has 2 aromatic rings. The Morgan fingerprint density at radius 3 is 2.87 bits per heavy atom. The molecule has 1 amide bonds. The second kappa shape index (κ2) is 6.66. The molecule has 1 aliphatic carbocycles.